The monoisotopic (exact) mass is 307 g/mol. The molecule has 0 saturated carbocycles. The predicted molar refractivity (Wildman–Crippen MR) is 90.4 cm³/mol. The molecule has 0 aliphatic carbocycles. The second-order valence-electron chi connectivity index (χ2n) is 5.32. The maximum absolute atomic E-state index is 12.6. The Labute approximate surface area is 133 Å². The molecule has 0 aliphatic heterocycles. The van der Waals surface area contributed by atoms with Crippen LogP contribution in [0.15, 0.2) is 53.5 Å². The van der Waals surface area contributed by atoms with Gasteiger partial charge in [0.15, 0.2) is 5.78 Å². The summed E-state index contributed by atoms with van der Waals surface area (Å²) in [5.41, 5.74) is 2.18. The van der Waals surface area contributed by atoms with Crippen molar-refractivity contribution in [2.45, 2.75) is 13.3 Å². The summed E-state index contributed by atoms with van der Waals surface area (Å²) in [5, 5.41) is 0.445. The number of carbonyl (C=O) groups is 1. The molecule has 0 radical (unpaired) electrons. The van der Waals surface area contributed by atoms with Crippen LogP contribution in [0.2, 0.25) is 0 Å². The van der Waals surface area contributed by atoms with Crippen molar-refractivity contribution in [3.05, 3.63) is 75.6 Å². The SMILES string of the molecule is CCc1ccc(C(=O)c2c[nH]c3ccc(OC)cc3c2=O)cc1. The number of pyridine rings is 1. The van der Waals surface area contributed by atoms with Crippen LogP contribution < -0.4 is 10.2 Å². The average molecular weight is 307 g/mol. The van der Waals surface area contributed by atoms with E-state index in [4.69, 9.17) is 4.74 Å². The number of ether oxygens (including phenoxy) is 1. The molecule has 4 heteroatoms. The quantitative estimate of drug-likeness (QED) is 0.752. The van der Waals surface area contributed by atoms with Gasteiger partial charge in [0.1, 0.15) is 5.75 Å². The van der Waals surface area contributed by atoms with E-state index >= 15 is 0 Å². The Kier molecular flexibility index (Phi) is 3.98. The first-order valence-corrected chi connectivity index (χ1v) is 7.47. The van der Waals surface area contributed by atoms with Crippen molar-refractivity contribution >= 4 is 16.7 Å². The smallest absolute Gasteiger partial charge is 0.200 e. The molecule has 3 rings (SSSR count). The second kappa shape index (κ2) is 6.08. The van der Waals surface area contributed by atoms with E-state index in [9.17, 15) is 9.59 Å². The highest BCUT2D eigenvalue weighted by Crippen LogP contribution is 2.18. The fourth-order valence-electron chi connectivity index (χ4n) is 2.54. The van der Waals surface area contributed by atoms with Crippen molar-refractivity contribution in [3.63, 3.8) is 0 Å². The first-order valence-electron chi connectivity index (χ1n) is 7.47. The van der Waals surface area contributed by atoms with E-state index in [-0.39, 0.29) is 16.8 Å². The number of hydrogen-bond donors (Lipinski definition) is 1. The lowest BCUT2D eigenvalue weighted by molar-refractivity contribution is 0.103. The van der Waals surface area contributed by atoms with Crippen LogP contribution in [0.5, 0.6) is 5.75 Å². The molecule has 3 aromatic rings. The highest BCUT2D eigenvalue weighted by Gasteiger charge is 2.15. The third-order valence-electron chi connectivity index (χ3n) is 3.96. The number of aromatic amines is 1. The summed E-state index contributed by atoms with van der Waals surface area (Å²) in [4.78, 5) is 28.3. The number of methoxy groups -OCH3 is 1. The second-order valence-corrected chi connectivity index (χ2v) is 5.32. The van der Waals surface area contributed by atoms with Crippen LogP contribution in [0, 0.1) is 0 Å². The van der Waals surface area contributed by atoms with Gasteiger partial charge in [-0.1, -0.05) is 31.2 Å². The van der Waals surface area contributed by atoms with Gasteiger partial charge in [0, 0.05) is 22.7 Å². The predicted octanol–water partition coefficient (Wildman–Crippen LogP) is 3.33. The third kappa shape index (κ3) is 2.75. The van der Waals surface area contributed by atoms with Crippen molar-refractivity contribution in [3.8, 4) is 5.75 Å². The van der Waals surface area contributed by atoms with Gasteiger partial charge in [-0.2, -0.15) is 0 Å². The molecule has 0 unspecified atom stereocenters. The van der Waals surface area contributed by atoms with Crippen LogP contribution in [-0.4, -0.2) is 17.9 Å². The fourth-order valence-corrected chi connectivity index (χ4v) is 2.54. The third-order valence-corrected chi connectivity index (χ3v) is 3.96. The number of fused-ring (bicyclic) bond motifs is 1. The van der Waals surface area contributed by atoms with Crippen LogP contribution in [0.3, 0.4) is 0 Å². The van der Waals surface area contributed by atoms with E-state index in [2.05, 4.69) is 11.9 Å². The Morgan fingerprint density at radius 3 is 2.52 bits per heavy atom. The molecule has 2 aromatic carbocycles. The average Bonchev–Trinajstić information content (AvgIpc) is 2.61. The van der Waals surface area contributed by atoms with Crippen molar-refractivity contribution in [1.29, 1.82) is 0 Å². The van der Waals surface area contributed by atoms with E-state index in [1.807, 2.05) is 12.1 Å². The lowest BCUT2D eigenvalue weighted by Crippen LogP contribution is -2.16. The lowest BCUT2D eigenvalue weighted by Gasteiger charge is -2.06. The summed E-state index contributed by atoms with van der Waals surface area (Å²) in [6.45, 7) is 2.05. The van der Waals surface area contributed by atoms with Crippen LogP contribution in [0.25, 0.3) is 10.9 Å². The molecule has 1 aromatic heterocycles. The zero-order valence-corrected chi connectivity index (χ0v) is 13.1. The highest BCUT2D eigenvalue weighted by atomic mass is 16.5. The molecule has 116 valence electrons. The van der Waals surface area contributed by atoms with Gasteiger partial charge < -0.3 is 9.72 Å². The Morgan fingerprint density at radius 2 is 1.87 bits per heavy atom. The Balaban J connectivity index is 2.09. The number of H-pyrrole nitrogens is 1. The van der Waals surface area contributed by atoms with Crippen LogP contribution in [-0.2, 0) is 6.42 Å². The van der Waals surface area contributed by atoms with Crippen LogP contribution in [0.1, 0.15) is 28.4 Å². The minimum absolute atomic E-state index is 0.134. The molecule has 0 atom stereocenters. The zero-order valence-electron chi connectivity index (χ0n) is 13.1. The first-order chi connectivity index (χ1) is 11.1. The van der Waals surface area contributed by atoms with Gasteiger partial charge in [0.2, 0.25) is 5.43 Å². The number of aromatic nitrogens is 1. The Hall–Kier alpha value is -2.88. The molecular formula is C19H17NO3. The minimum atomic E-state index is -0.290. The molecule has 0 amide bonds. The van der Waals surface area contributed by atoms with E-state index < -0.39 is 0 Å². The number of hydrogen-bond acceptors (Lipinski definition) is 3. The van der Waals surface area contributed by atoms with Crippen molar-refractivity contribution < 1.29 is 9.53 Å². The molecule has 0 aliphatic rings. The van der Waals surface area contributed by atoms with Gasteiger partial charge in [-0.3, -0.25) is 9.59 Å². The van der Waals surface area contributed by atoms with Crippen molar-refractivity contribution in [2.24, 2.45) is 0 Å². The molecule has 23 heavy (non-hydrogen) atoms. The van der Waals surface area contributed by atoms with Crippen LogP contribution in [0.4, 0.5) is 0 Å². The summed E-state index contributed by atoms with van der Waals surface area (Å²) in [5.74, 6) is 0.304. The molecular weight excluding hydrogens is 290 g/mol. The number of ketones is 1. The van der Waals surface area contributed by atoms with E-state index in [1.54, 1.807) is 37.4 Å². The van der Waals surface area contributed by atoms with E-state index in [0.29, 0.717) is 22.2 Å². The van der Waals surface area contributed by atoms with Gasteiger partial charge >= 0.3 is 0 Å². The summed E-state index contributed by atoms with van der Waals surface area (Å²) >= 11 is 0. The van der Waals surface area contributed by atoms with E-state index in [0.717, 1.165) is 12.0 Å². The first kappa shape index (κ1) is 15.0. The zero-order chi connectivity index (χ0) is 16.4. The molecule has 1 N–H and O–H groups in total. The Morgan fingerprint density at radius 1 is 1.13 bits per heavy atom. The Bertz CT molecular complexity index is 923. The van der Waals surface area contributed by atoms with Gasteiger partial charge in [-0.25, -0.2) is 0 Å². The number of benzene rings is 2. The molecule has 0 bridgehead atoms. The summed E-state index contributed by atoms with van der Waals surface area (Å²) in [6.07, 6.45) is 2.39. The van der Waals surface area contributed by atoms with Crippen LogP contribution >= 0.6 is 0 Å². The number of aryl methyl sites for hydroxylation is 1. The standard InChI is InChI=1S/C19H17NO3/c1-3-12-4-6-13(7-5-12)18(21)16-11-20-17-9-8-14(23-2)10-15(17)19(16)22/h4-11H,3H2,1-2H3,(H,20,22). The maximum atomic E-state index is 12.6. The topological polar surface area (TPSA) is 59.2 Å². The molecule has 0 fully saturated rings. The highest BCUT2D eigenvalue weighted by molar-refractivity contribution is 6.10. The summed E-state index contributed by atoms with van der Waals surface area (Å²) in [6, 6.07) is 12.5. The minimum Gasteiger partial charge on any atom is -0.497 e. The number of rotatable bonds is 4. The van der Waals surface area contributed by atoms with Crippen molar-refractivity contribution in [1.82, 2.24) is 4.98 Å². The van der Waals surface area contributed by atoms with Gasteiger partial charge in [0.05, 0.1) is 12.7 Å². The maximum Gasteiger partial charge on any atom is 0.200 e. The normalized spacial score (nSPS) is 10.7. The van der Waals surface area contributed by atoms with Gasteiger partial charge in [-0.05, 0) is 30.2 Å². The van der Waals surface area contributed by atoms with E-state index in [1.165, 1.54) is 6.20 Å². The largest absolute Gasteiger partial charge is 0.497 e. The summed E-state index contributed by atoms with van der Waals surface area (Å²) in [7, 11) is 1.54. The van der Waals surface area contributed by atoms with Gasteiger partial charge in [-0.15, -0.1) is 0 Å². The summed E-state index contributed by atoms with van der Waals surface area (Å²) < 4.78 is 5.15. The van der Waals surface area contributed by atoms with Gasteiger partial charge in [0.25, 0.3) is 0 Å². The fraction of sp³-hybridized carbons (Fsp3) is 0.158. The molecule has 0 saturated heterocycles. The molecule has 0 spiro atoms. The molecule has 1 heterocycles. The number of nitrogens with one attached hydrogen (secondary N) is 1. The molecule has 4 nitrogen and oxygen atoms in total. The lowest BCUT2D eigenvalue weighted by atomic mass is 10.0. The number of carbonyl (C=O) groups excluding carboxylic acids is 1. The van der Waals surface area contributed by atoms with Crippen molar-refractivity contribution in [2.75, 3.05) is 7.11 Å².